The number of nitrogens with one attached hydrogen (secondary N) is 2. The molecule has 3 aromatic rings. The molecule has 0 aliphatic heterocycles. The summed E-state index contributed by atoms with van der Waals surface area (Å²) >= 11 is 7.08. The van der Waals surface area contributed by atoms with E-state index in [4.69, 9.17) is 11.6 Å². The summed E-state index contributed by atoms with van der Waals surface area (Å²) in [5, 5.41) is 3.94. The number of hydrogen-bond acceptors (Lipinski definition) is 4. The lowest BCUT2D eigenvalue weighted by Gasteiger charge is -2.15. The standard InChI is InChI=1S/C18H19ClN4O2S/c1-10(2)23-17(25)16-14(8-11(3)20-16)22-18(23)26-9-15(24)21-13-6-4-12(19)5-7-13/h4-8,10,20H,9H2,1-3H3,(H,21,24). The number of rotatable bonds is 5. The van der Waals surface area contributed by atoms with Crippen LogP contribution in [0.15, 0.2) is 40.3 Å². The Morgan fingerprint density at radius 1 is 1.35 bits per heavy atom. The topological polar surface area (TPSA) is 79.8 Å². The number of fused-ring (bicyclic) bond motifs is 1. The molecule has 0 saturated heterocycles. The van der Waals surface area contributed by atoms with Gasteiger partial charge in [-0.1, -0.05) is 23.4 Å². The molecule has 2 heterocycles. The Balaban J connectivity index is 1.81. The van der Waals surface area contributed by atoms with E-state index in [2.05, 4.69) is 15.3 Å². The van der Waals surface area contributed by atoms with Crippen molar-refractivity contribution in [3.05, 3.63) is 51.4 Å². The second-order valence-electron chi connectivity index (χ2n) is 6.22. The number of aromatic amines is 1. The van der Waals surface area contributed by atoms with E-state index in [1.54, 1.807) is 28.8 Å². The van der Waals surface area contributed by atoms with Gasteiger partial charge >= 0.3 is 0 Å². The normalized spacial score (nSPS) is 11.3. The van der Waals surface area contributed by atoms with Crippen LogP contribution in [-0.2, 0) is 4.79 Å². The Kier molecular flexibility index (Phi) is 5.38. The van der Waals surface area contributed by atoms with Gasteiger partial charge in [0.2, 0.25) is 5.91 Å². The van der Waals surface area contributed by atoms with Gasteiger partial charge in [-0.25, -0.2) is 4.98 Å². The second-order valence-corrected chi connectivity index (χ2v) is 7.60. The molecule has 0 spiro atoms. The molecule has 0 bridgehead atoms. The van der Waals surface area contributed by atoms with E-state index in [0.717, 1.165) is 5.69 Å². The molecule has 0 aliphatic carbocycles. The molecule has 0 fully saturated rings. The minimum atomic E-state index is -0.174. The van der Waals surface area contributed by atoms with Crippen LogP contribution >= 0.6 is 23.4 Å². The average molecular weight is 391 g/mol. The van der Waals surface area contributed by atoms with Crippen LogP contribution in [0.4, 0.5) is 5.69 Å². The fraction of sp³-hybridized carbons (Fsp3) is 0.278. The third-order valence-electron chi connectivity index (χ3n) is 3.76. The number of halogens is 1. The van der Waals surface area contributed by atoms with Crippen LogP contribution in [-0.4, -0.2) is 26.2 Å². The molecule has 6 nitrogen and oxygen atoms in total. The summed E-state index contributed by atoms with van der Waals surface area (Å²) < 4.78 is 1.61. The number of thioether (sulfide) groups is 1. The van der Waals surface area contributed by atoms with E-state index in [1.807, 2.05) is 26.8 Å². The highest BCUT2D eigenvalue weighted by Crippen LogP contribution is 2.22. The van der Waals surface area contributed by atoms with E-state index < -0.39 is 0 Å². The van der Waals surface area contributed by atoms with Gasteiger partial charge in [0.25, 0.3) is 5.56 Å². The Labute approximate surface area is 160 Å². The zero-order valence-electron chi connectivity index (χ0n) is 14.7. The van der Waals surface area contributed by atoms with E-state index in [-0.39, 0.29) is 23.3 Å². The molecular formula is C18H19ClN4O2S. The van der Waals surface area contributed by atoms with E-state index >= 15 is 0 Å². The molecule has 0 radical (unpaired) electrons. The number of carbonyl (C=O) groups excluding carboxylic acids is 1. The van der Waals surface area contributed by atoms with Gasteiger partial charge in [-0.2, -0.15) is 0 Å². The highest BCUT2D eigenvalue weighted by molar-refractivity contribution is 7.99. The van der Waals surface area contributed by atoms with Crippen molar-refractivity contribution in [1.82, 2.24) is 14.5 Å². The number of hydrogen-bond donors (Lipinski definition) is 2. The highest BCUT2D eigenvalue weighted by Gasteiger charge is 2.16. The van der Waals surface area contributed by atoms with Crippen LogP contribution in [0.2, 0.25) is 5.02 Å². The van der Waals surface area contributed by atoms with E-state index in [9.17, 15) is 9.59 Å². The number of anilines is 1. The maximum atomic E-state index is 12.7. The van der Waals surface area contributed by atoms with Crippen molar-refractivity contribution in [2.24, 2.45) is 0 Å². The lowest BCUT2D eigenvalue weighted by atomic mass is 10.3. The molecule has 8 heteroatoms. The van der Waals surface area contributed by atoms with Crippen LogP contribution in [0.3, 0.4) is 0 Å². The SMILES string of the molecule is Cc1cc2nc(SCC(=O)Nc3ccc(Cl)cc3)n(C(C)C)c(=O)c2[nH]1. The maximum absolute atomic E-state index is 12.7. The summed E-state index contributed by atoms with van der Waals surface area (Å²) in [4.78, 5) is 32.6. The van der Waals surface area contributed by atoms with Crippen molar-refractivity contribution >= 4 is 46.0 Å². The molecule has 0 unspecified atom stereocenters. The van der Waals surface area contributed by atoms with Crippen molar-refractivity contribution < 1.29 is 4.79 Å². The summed E-state index contributed by atoms with van der Waals surface area (Å²) in [6.45, 7) is 5.72. The zero-order valence-corrected chi connectivity index (χ0v) is 16.2. The van der Waals surface area contributed by atoms with Crippen LogP contribution < -0.4 is 10.9 Å². The third kappa shape index (κ3) is 3.94. The number of nitrogens with zero attached hydrogens (tertiary/aromatic N) is 2. The first kappa shape index (κ1) is 18.5. The molecule has 2 N–H and O–H groups in total. The lowest BCUT2D eigenvalue weighted by Crippen LogP contribution is -2.25. The first-order chi connectivity index (χ1) is 12.3. The van der Waals surface area contributed by atoms with Gasteiger partial charge in [-0.05, 0) is 51.1 Å². The van der Waals surface area contributed by atoms with Gasteiger partial charge in [0, 0.05) is 22.4 Å². The summed E-state index contributed by atoms with van der Waals surface area (Å²) in [7, 11) is 0. The monoisotopic (exact) mass is 390 g/mol. The Bertz CT molecular complexity index is 1010. The summed E-state index contributed by atoms with van der Waals surface area (Å²) in [6, 6.07) is 8.67. The lowest BCUT2D eigenvalue weighted by molar-refractivity contribution is -0.113. The molecule has 0 aliphatic rings. The van der Waals surface area contributed by atoms with Gasteiger partial charge < -0.3 is 10.3 Å². The van der Waals surface area contributed by atoms with E-state index in [1.165, 1.54) is 11.8 Å². The maximum Gasteiger partial charge on any atom is 0.278 e. The fourth-order valence-corrected chi connectivity index (χ4v) is 3.66. The third-order valence-corrected chi connectivity index (χ3v) is 4.97. The minimum absolute atomic E-state index is 0.0650. The first-order valence-corrected chi connectivity index (χ1v) is 9.51. The number of H-pyrrole nitrogens is 1. The van der Waals surface area contributed by atoms with Gasteiger partial charge in [0.05, 0.1) is 11.3 Å². The van der Waals surface area contributed by atoms with Gasteiger partial charge in [0.1, 0.15) is 5.52 Å². The molecular weight excluding hydrogens is 372 g/mol. The van der Waals surface area contributed by atoms with Gasteiger partial charge in [-0.3, -0.25) is 14.2 Å². The van der Waals surface area contributed by atoms with Crippen molar-refractivity contribution in [2.75, 3.05) is 11.1 Å². The predicted molar refractivity (Wildman–Crippen MR) is 106 cm³/mol. The molecule has 2 aromatic heterocycles. The van der Waals surface area contributed by atoms with Crippen molar-refractivity contribution in [1.29, 1.82) is 0 Å². The molecule has 0 saturated carbocycles. The van der Waals surface area contributed by atoms with E-state index in [0.29, 0.717) is 26.9 Å². The summed E-state index contributed by atoms with van der Waals surface area (Å²) in [5.41, 5.74) is 2.53. The van der Waals surface area contributed by atoms with Crippen LogP contribution in [0.25, 0.3) is 11.0 Å². The molecule has 3 rings (SSSR count). The smallest absolute Gasteiger partial charge is 0.278 e. The van der Waals surface area contributed by atoms with Crippen molar-refractivity contribution in [3.63, 3.8) is 0 Å². The first-order valence-electron chi connectivity index (χ1n) is 8.15. The number of aryl methyl sites for hydroxylation is 1. The second kappa shape index (κ2) is 7.55. The highest BCUT2D eigenvalue weighted by atomic mass is 35.5. The number of aromatic nitrogens is 3. The molecule has 1 aromatic carbocycles. The van der Waals surface area contributed by atoms with Crippen LogP contribution in [0, 0.1) is 6.92 Å². The number of amides is 1. The summed E-state index contributed by atoms with van der Waals surface area (Å²) in [5.74, 6) is -0.0244. The molecule has 1 amide bonds. The fourth-order valence-electron chi connectivity index (χ4n) is 2.61. The minimum Gasteiger partial charge on any atom is -0.353 e. The molecule has 136 valence electrons. The summed E-state index contributed by atoms with van der Waals surface area (Å²) in [6.07, 6.45) is 0. The predicted octanol–water partition coefficient (Wildman–Crippen LogP) is 4.00. The Morgan fingerprint density at radius 3 is 2.69 bits per heavy atom. The van der Waals surface area contributed by atoms with Crippen LogP contribution in [0.5, 0.6) is 0 Å². The Morgan fingerprint density at radius 2 is 2.04 bits per heavy atom. The number of benzene rings is 1. The largest absolute Gasteiger partial charge is 0.353 e. The van der Waals surface area contributed by atoms with Gasteiger partial charge in [-0.15, -0.1) is 0 Å². The molecule has 0 atom stereocenters. The zero-order chi connectivity index (χ0) is 18.8. The quantitative estimate of drug-likeness (QED) is 0.509. The Hall–Kier alpha value is -2.25. The van der Waals surface area contributed by atoms with Crippen LogP contribution in [0.1, 0.15) is 25.6 Å². The van der Waals surface area contributed by atoms with Crippen molar-refractivity contribution in [2.45, 2.75) is 32.0 Å². The average Bonchev–Trinajstić information content (AvgIpc) is 2.95. The van der Waals surface area contributed by atoms with Crippen molar-refractivity contribution in [3.8, 4) is 0 Å². The molecule has 26 heavy (non-hydrogen) atoms. The van der Waals surface area contributed by atoms with Gasteiger partial charge in [0.15, 0.2) is 5.16 Å². The number of carbonyl (C=O) groups is 1.